The van der Waals surface area contributed by atoms with Crippen molar-refractivity contribution in [2.75, 3.05) is 31.2 Å². The molecule has 6 heteroatoms. The van der Waals surface area contributed by atoms with Crippen LogP contribution in [-0.4, -0.2) is 37.4 Å². The van der Waals surface area contributed by atoms with Crippen molar-refractivity contribution in [3.63, 3.8) is 0 Å². The third kappa shape index (κ3) is 2.31. The lowest BCUT2D eigenvalue weighted by Crippen LogP contribution is -2.37. The second-order valence-electron chi connectivity index (χ2n) is 7.68. The van der Waals surface area contributed by atoms with Gasteiger partial charge in [0.1, 0.15) is 17.2 Å². The number of hydrogen-bond donors (Lipinski definition) is 1. The van der Waals surface area contributed by atoms with E-state index in [0.29, 0.717) is 35.8 Å². The molecular weight excluding hydrogens is 382 g/mol. The van der Waals surface area contributed by atoms with Gasteiger partial charge in [-0.1, -0.05) is 18.2 Å². The fraction of sp³-hybridized carbons (Fsp3) is 0.208. The number of ether oxygens (including phenoxy) is 3. The van der Waals surface area contributed by atoms with E-state index in [0.717, 1.165) is 29.9 Å². The number of nitrogens with zero attached hydrogens (tertiary/aromatic N) is 1. The Morgan fingerprint density at radius 3 is 2.43 bits per heavy atom. The topological polar surface area (TPSA) is 68.2 Å². The Morgan fingerprint density at radius 1 is 0.867 bits per heavy atom. The summed E-state index contributed by atoms with van der Waals surface area (Å²) in [4.78, 5) is 15.0. The summed E-state index contributed by atoms with van der Waals surface area (Å²) in [7, 11) is 0. The van der Waals surface area contributed by atoms with Crippen LogP contribution in [0.2, 0.25) is 0 Å². The van der Waals surface area contributed by atoms with Gasteiger partial charge < -0.3 is 24.2 Å². The van der Waals surface area contributed by atoms with Crippen LogP contribution in [0.1, 0.15) is 27.0 Å². The van der Waals surface area contributed by atoms with Gasteiger partial charge >= 0.3 is 5.97 Å². The van der Waals surface area contributed by atoms with Gasteiger partial charge in [0, 0.05) is 47.6 Å². The Kier molecular flexibility index (Phi) is 3.61. The highest BCUT2D eigenvalue weighted by atomic mass is 16.6. The van der Waals surface area contributed by atoms with Crippen LogP contribution in [0.5, 0.6) is 17.2 Å². The second-order valence-corrected chi connectivity index (χ2v) is 7.68. The van der Waals surface area contributed by atoms with Gasteiger partial charge in [0.05, 0.1) is 18.8 Å². The first-order valence-electron chi connectivity index (χ1n) is 9.98. The summed E-state index contributed by atoms with van der Waals surface area (Å²) in [6.45, 7) is 2.98. The first kappa shape index (κ1) is 17.4. The number of benzene rings is 3. The van der Waals surface area contributed by atoms with Crippen LogP contribution >= 0.6 is 0 Å². The van der Waals surface area contributed by atoms with Crippen molar-refractivity contribution >= 4 is 11.7 Å². The molecule has 1 unspecified atom stereocenters. The highest BCUT2D eigenvalue weighted by Gasteiger charge is 2.53. The number of morpholine rings is 1. The molecule has 6 nitrogen and oxygen atoms in total. The Hall–Kier alpha value is -3.51. The quantitative estimate of drug-likeness (QED) is 0.626. The van der Waals surface area contributed by atoms with Gasteiger partial charge in [-0.3, -0.25) is 0 Å². The molecule has 0 bridgehead atoms. The predicted molar refractivity (Wildman–Crippen MR) is 109 cm³/mol. The molecule has 3 heterocycles. The third-order valence-electron chi connectivity index (χ3n) is 6.06. The lowest BCUT2D eigenvalue weighted by molar-refractivity contribution is 0.0224. The Labute approximate surface area is 173 Å². The van der Waals surface area contributed by atoms with Crippen LogP contribution in [0.3, 0.4) is 0 Å². The number of anilines is 1. The Balaban J connectivity index is 1.59. The van der Waals surface area contributed by atoms with Crippen molar-refractivity contribution in [3.05, 3.63) is 82.9 Å². The zero-order valence-corrected chi connectivity index (χ0v) is 16.1. The van der Waals surface area contributed by atoms with E-state index in [1.165, 1.54) is 0 Å². The maximum atomic E-state index is 12.8. The molecular formula is C24H19NO5. The average Bonchev–Trinajstić information content (AvgIpc) is 3.07. The Bertz CT molecular complexity index is 1180. The first-order chi connectivity index (χ1) is 14.7. The van der Waals surface area contributed by atoms with E-state index in [9.17, 15) is 9.90 Å². The molecule has 30 heavy (non-hydrogen) atoms. The standard InChI is InChI=1S/C24H19NO5/c26-16-6-8-20-22(14-16)29-21-13-15(25-9-11-28-12-10-25)5-7-19(21)24(20)18-4-2-1-3-17(18)23(27)30-24/h1-8,13-14,26H,9-12H2. The minimum atomic E-state index is -1.10. The zero-order valence-electron chi connectivity index (χ0n) is 16.1. The summed E-state index contributed by atoms with van der Waals surface area (Å²) in [5, 5.41) is 10.1. The molecule has 1 fully saturated rings. The second kappa shape index (κ2) is 6.24. The number of phenolic OH excluding ortho intramolecular Hbond substituents is 1. The first-order valence-corrected chi connectivity index (χ1v) is 9.98. The van der Waals surface area contributed by atoms with E-state index in [4.69, 9.17) is 14.2 Å². The highest BCUT2D eigenvalue weighted by molar-refractivity contribution is 5.97. The van der Waals surface area contributed by atoms with Crippen molar-refractivity contribution < 1.29 is 24.1 Å². The number of esters is 1. The van der Waals surface area contributed by atoms with Gasteiger partial charge in [-0.15, -0.1) is 0 Å². The summed E-state index contributed by atoms with van der Waals surface area (Å²) in [6, 6.07) is 18.3. The fourth-order valence-electron chi connectivity index (χ4n) is 4.67. The largest absolute Gasteiger partial charge is 0.508 e. The van der Waals surface area contributed by atoms with Crippen LogP contribution in [0.4, 0.5) is 5.69 Å². The highest BCUT2D eigenvalue weighted by Crippen LogP contribution is 2.56. The summed E-state index contributed by atoms with van der Waals surface area (Å²) in [6.07, 6.45) is 0. The van der Waals surface area contributed by atoms with Gasteiger partial charge in [0.2, 0.25) is 0 Å². The Morgan fingerprint density at radius 2 is 1.60 bits per heavy atom. The van der Waals surface area contributed by atoms with E-state index < -0.39 is 5.60 Å². The molecule has 0 saturated carbocycles. The maximum absolute atomic E-state index is 12.8. The smallest absolute Gasteiger partial charge is 0.340 e. The van der Waals surface area contributed by atoms with E-state index >= 15 is 0 Å². The number of fused-ring (bicyclic) bond motifs is 6. The molecule has 1 atom stereocenters. The number of rotatable bonds is 1. The number of phenols is 1. The number of aromatic hydroxyl groups is 1. The lowest BCUT2D eigenvalue weighted by atomic mass is 9.77. The molecule has 150 valence electrons. The predicted octanol–water partition coefficient (Wildman–Crippen LogP) is 3.80. The van der Waals surface area contributed by atoms with Crippen LogP contribution in [-0.2, 0) is 15.1 Å². The lowest BCUT2D eigenvalue weighted by Gasteiger charge is -2.37. The van der Waals surface area contributed by atoms with Crippen molar-refractivity contribution in [2.45, 2.75) is 5.60 Å². The number of carbonyl (C=O) groups is 1. The molecule has 6 rings (SSSR count). The van der Waals surface area contributed by atoms with Crippen LogP contribution in [0.15, 0.2) is 60.7 Å². The van der Waals surface area contributed by atoms with Crippen LogP contribution in [0.25, 0.3) is 0 Å². The molecule has 1 spiro atoms. The minimum absolute atomic E-state index is 0.0919. The summed E-state index contributed by atoms with van der Waals surface area (Å²) >= 11 is 0. The monoisotopic (exact) mass is 401 g/mol. The third-order valence-corrected chi connectivity index (χ3v) is 6.06. The average molecular weight is 401 g/mol. The van der Waals surface area contributed by atoms with Gasteiger partial charge in [0.25, 0.3) is 0 Å². The van der Waals surface area contributed by atoms with Gasteiger partial charge in [-0.2, -0.15) is 0 Å². The molecule has 3 aromatic rings. The molecule has 0 aromatic heterocycles. The zero-order chi connectivity index (χ0) is 20.3. The van der Waals surface area contributed by atoms with Gasteiger partial charge in [-0.25, -0.2) is 4.79 Å². The fourth-order valence-corrected chi connectivity index (χ4v) is 4.67. The van der Waals surface area contributed by atoms with E-state index in [1.807, 2.05) is 36.4 Å². The number of hydrogen-bond acceptors (Lipinski definition) is 6. The van der Waals surface area contributed by atoms with E-state index in [-0.39, 0.29) is 11.7 Å². The molecule has 3 aliphatic rings. The summed E-state index contributed by atoms with van der Waals surface area (Å²) in [5.41, 5.74) is 2.72. The molecule has 1 N–H and O–H groups in total. The maximum Gasteiger partial charge on any atom is 0.340 e. The normalized spacial score (nSPS) is 21.5. The van der Waals surface area contributed by atoms with Crippen LogP contribution in [0, 0.1) is 0 Å². The molecule has 3 aromatic carbocycles. The van der Waals surface area contributed by atoms with Crippen molar-refractivity contribution in [2.24, 2.45) is 0 Å². The van der Waals surface area contributed by atoms with E-state index in [1.54, 1.807) is 24.3 Å². The molecule has 0 radical (unpaired) electrons. The molecule has 3 aliphatic heterocycles. The molecule has 0 aliphatic carbocycles. The van der Waals surface area contributed by atoms with E-state index in [2.05, 4.69) is 4.90 Å². The van der Waals surface area contributed by atoms with Crippen molar-refractivity contribution in [3.8, 4) is 17.2 Å². The summed E-state index contributed by atoms with van der Waals surface area (Å²) in [5.74, 6) is 0.816. The molecule has 1 saturated heterocycles. The summed E-state index contributed by atoms with van der Waals surface area (Å²) < 4.78 is 17.8. The minimum Gasteiger partial charge on any atom is -0.508 e. The van der Waals surface area contributed by atoms with Gasteiger partial charge in [0.15, 0.2) is 5.60 Å². The van der Waals surface area contributed by atoms with Gasteiger partial charge in [-0.05, 0) is 30.3 Å². The SMILES string of the molecule is O=C1OC2(c3ccc(O)cc3Oc3cc(N4CCOCC4)ccc32)c2ccccc21. The van der Waals surface area contributed by atoms with Crippen LogP contribution < -0.4 is 9.64 Å². The van der Waals surface area contributed by atoms with Crippen molar-refractivity contribution in [1.29, 1.82) is 0 Å². The number of carbonyl (C=O) groups excluding carboxylic acids is 1. The molecule has 0 amide bonds. The van der Waals surface area contributed by atoms with Crippen molar-refractivity contribution in [1.82, 2.24) is 0 Å².